The maximum Gasteiger partial charge on any atom is 0.222 e. The van der Waals surface area contributed by atoms with Gasteiger partial charge in [0.2, 0.25) is 5.91 Å². The highest BCUT2D eigenvalue weighted by Crippen LogP contribution is 2.50. The molecule has 2 aliphatic rings. The van der Waals surface area contributed by atoms with Gasteiger partial charge in [-0.05, 0) is 91.5 Å². The Balaban J connectivity index is 1.07. The van der Waals surface area contributed by atoms with Gasteiger partial charge in [-0.1, -0.05) is 54.2 Å². The third-order valence-electron chi connectivity index (χ3n) is 9.71. The zero-order chi connectivity index (χ0) is 35.8. The van der Waals surface area contributed by atoms with Crippen LogP contribution < -0.4 is 10.1 Å². The van der Waals surface area contributed by atoms with E-state index in [4.69, 9.17) is 33.0 Å². The van der Waals surface area contributed by atoms with E-state index in [0.29, 0.717) is 29.1 Å². The lowest BCUT2D eigenvalue weighted by molar-refractivity contribution is -0.138. The van der Waals surface area contributed by atoms with Crippen molar-refractivity contribution in [3.63, 3.8) is 0 Å². The molecule has 0 radical (unpaired) electrons. The quantitative estimate of drug-likeness (QED) is 0.0903. The molecule has 1 aromatic heterocycles. The number of aliphatic hydroxyl groups is 5. The maximum atomic E-state index is 12.5. The molecule has 1 heterocycles. The first-order valence-corrected chi connectivity index (χ1v) is 18.3. The summed E-state index contributed by atoms with van der Waals surface area (Å²) in [5, 5.41) is 53.4. The van der Waals surface area contributed by atoms with E-state index in [1.165, 1.54) is 11.9 Å². The Hall–Kier alpha value is -2.80. The fraction of sp³-hybridized carbons (Fsp3) is 0.526. The highest BCUT2D eigenvalue weighted by molar-refractivity contribution is 6.34. The number of amides is 1. The minimum atomic E-state index is -1.73. The second-order valence-corrected chi connectivity index (χ2v) is 14.5. The van der Waals surface area contributed by atoms with Crippen LogP contribution in [-0.2, 0) is 23.3 Å². The molecule has 0 bridgehead atoms. The number of aliphatic hydroxyl groups excluding tert-OH is 5. The maximum absolute atomic E-state index is 12.5. The van der Waals surface area contributed by atoms with Gasteiger partial charge < -0.3 is 40.5 Å². The molecule has 10 nitrogen and oxygen atoms in total. The zero-order valence-corrected chi connectivity index (χ0v) is 30.0. The van der Waals surface area contributed by atoms with Gasteiger partial charge in [-0.25, -0.2) is 0 Å². The number of hydrogen-bond acceptors (Lipinski definition) is 9. The Kier molecular flexibility index (Phi) is 13.5. The van der Waals surface area contributed by atoms with Crippen LogP contribution in [0.4, 0.5) is 0 Å². The number of nitrogens with zero attached hydrogens (tertiary/aromatic N) is 2. The summed E-state index contributed by atoms with van der Waals surface area (Å²) in [7, 11) is 1.50. The van der Waals surface area contributed by atoms with Crippen molar-refractivity contribution in [1.82, 2.24) is 15.2 Å². The van der Waals surface area contributed by atoms with Gasteiger partial charge in [0.15, 0.2) is 0 Å². The topological polar surface area (TPSA) is 156 Å². The molecule has 6 N–H and O–H groups in total. The Labute approximate surface area is 304 Å². The zero-order valence-electron chi connectivity index (χ0n) is 28.5. The fourth-order valence-corrected chi connectivity index (χ4v) is 6.78. The van der Waals surface area contributed by atoms with Crippen LogP contribution >= 0.6 is 23.2 Å². The second kappa shape index (κ2) is 17.6. The number of hydrogen-bond donors (Lipinski definition) is 6. The molecule has 2 aromatic carbocycles. The average molecular weight is 731 g/mol. The molecule has 0 saturated heterocycles. The first-order valence-electron chi connectivity index (χ1n) is 17.5. The Morgan fingerprint density at radius 1 is 0.960 bits per heavy atom. The molecule has 272 valence electrons. The van der Waals surface area contributed by atoms with E-state index in [2.05, 4.69) is 22.4 Å². The molecular weight excluding hydrogens is 681 g/mol. The molecular formula is C38H49Cl2N3O7. The van der Waals surface area contributed by atoms with Gasteiger partial charge in [0.25, 0.3) is 0 Å². The number of unbranched alkanes of at least 4 members (excludes halogenated alkanes) is 3. The third kappa shape index (κ3) is 9.95. The van der Waals surface area contributed by atoms with E-state index >= 15 is 0 Å². The lowest BCUT2D eigenvalue weighted by Crippen LogP contribution is -2.49. The highest BCUT2D eigenvalue weighted by Gasteiger charge is 2.46. The molecule has 12 heteroatoms. The number of carbonyl (C=O) groups is 1. The van der Waals surface area contributed by atoms with E-state index in [0.717, 1.165) is 84.9 Å². The molecule has 0 aliphatic heterocycles. The molecule has 1 amide bonds. The monoisotopic (exact) mass is 729 g/mol. The van der Waals surface area contributed by atoms with Crippen LogP contribution in [0.15, 0.2) is 54.9 Å². The van der Waals surface area contributed by atoms with Crippen molar-refractivity contribution in [2.75, 3.05) is 20.2 Å². The number of nitrogens with one attached hydrogen (secondary N) is 1. The molecule has 50 heavy (non-hydrogen) atoms. The van der Waals surface area contributed by atoms with Gasteiger partial charge in [0, 0.05) is 60.1 Å². The number of carbonyl (C=O) groups excluding carboxylic acids is 1. The van der Waals surface area contributed by atoms with Crippen molar-refractivity contribution in [2.45, 2.75) is 107 Å². The Bertz CT molecular complexity index is 1590. The number of aromatic nitrogens is 1. The lowest BCUT2D eigenvalue weighted by atomic mass is 9.94. The molecule has 4 atom stereocenters. The Morgan fingerprint density at radius 3 is 2.36 bits per heavy atom. The SMILES string of the molecule is CN(C[C@@H](O)[C@H](O)[C@@H](O)[C@@H](O)CO)C(=O)CCCCCCc1cc(Cl)c(CNC2(c3cnccc3-c3ccccc3OC3CC3)CC2)cc1Cl. The minimum absolute atomic E-state index is 0.200. The van der Waals surface area contributed by atoms with E-state index in [9.17, 15) is 25.2 Å². The summed E-state index contributed by atoms with van der Waals surface area (Å²) >= 11 is 13.5. The average Bonchev–Trinajstić information content (AvgIpc) is 4.07. The van der Waals surface area contributed by atoms with Gasteiger partial charge in [0.05, 0.1) is 12.7 Å². The highest BCUT2D eigenvalue weighted by atomic mass is 35.5. The van der Waals surface area contributed by atoms with Crippen LogP contribution in [0, 0.1) is 0 Å². The van der Waals surface area contributed by atoms with Crippen molar-refractivity contribution in [1.29, 1.82) is 0 Å². The van der Waals surface area contributed by atoms with E-state index in [1.807, 2.05) is 42.7 Å². The first kappa shape index (κ1) is 38.4. The normalized spacial score (nSPS) is 17.5. The number of rotatable bonds is 20. The van der Waals surface area contributed by atoms with Crippen molar-refractivity contribution < 1.29 is 35.1 Å². The van der Waals surface area contributed by atoms with E-state index < -0.39 is 31.0 Å². The summed E-state index contributed by atoms with van der Waals surface area (Å²) in [6, 6.07) is 14.2. The predicted molar refractivity (Wildman–Crippen MR) is 193 cm³/mol. The van der Waals surface area contributed by atoms with Crippen LogP contribution in [0.2, 0.25) is 10.0 Å². The number of para-hydroxylation sites is 1. The second-order valence-electron chi connectivity index (χ2n) is 13.7. The van der Waals surface area contributed by atoms with Gasteiger partial charge in [-0.3, -0.25) is 9.78 Å². The van der Waals surface area contributed by atoms with Crippen molar-refractivity contribution in [3.05, 3.63) is 81.6 Å². The first-order chi connectivity index (χ1) is 24.0. The van der Waals surface area contributed by atoms with Crippen LogP contribution in [0.25, 0.3) is 11.1 Å². The van der Waals surface area contributed by atoms with Crippen LogP contribution in [0.1, 0.15) is 74.5 Å². The molecule has 2 aliphatic carbocycles. The smallest absolute Gasteiger partial charge is 0.222 e. The third-order valence-corrected chi connectivity index (χ3v) is 10.4. The molecule has 0 spiro atoms. The van der Waals surface area contributed by atoms with E-state index in [1.54, 1.807) is 0 Å². The number of pyridine rings is 1. The lowest BCUT2D eigenvalue weighted by Gasteiger charge is -2.28. The number of aryl methyl sites for hydroxylation is 1. The fourth-order valence-electron chi connectivity index (χ4n) is 6.24. The Morgan fingerprint density at radius 2 is 1.64 bits per heavy atom. The number of likely N-dealkylation sites (N-methyl/N-ethyl adjacent to an activating group) is 1. The summed E-state index contributed by atoms with van der Waals surface area (Å²) in [6.45, 7) is -0.406. The standard InChI is InChI=1S/C38H49Cl2N3O7/c1-43(22-32(45)36(48)37(49)33(46)23-44)35(47)11-5-3-2-4-8-24-18-31(40)25(19-30(24)39)20-42-38(15-16-38)29-21-41-17-14-27(29)28-9-6-7-10-34(28)50-26-12-13-26/h6-7,9-10,14,17-19,21,26,32-33,36-37,42,44-46,48-49H,2-5,8,11-13,15-16,20,22-23H2,1H3/t32-,33+,36+,37+/m1/s1. The molecule has 3 aromatic rings. The van der Waals surface area contributed by atoms with Crippen molar-refractivity contribution >= 4 is 29.1 Å². The largest absolute Gasteiger partial charge is 0.490 e. The molecule has 5 rings (SSSR count). The van der Waals surface area contributed by atoms with Gasteiger partial charge in [0.1, 0.15) is 30.2 Å². The van der Waals surface area contributed by atoms with Gasteiger partial charge in [-0.2, -0.15) is 0 Å². The van der Waals surface area contributed by atoms with Gasteiger partial charge >= 0.3 is 0 Å². The van der Waals surface area contributed by atoms with E-state index in [-0.39, 0.29) is 24.4 Å². The minimum Gasteiger partial charge on any atom is -0.490 e. The summed E-state index contributed by atoms with van der Waals surface area (Å²) < 4.78 is 6.24. The van der Waals surface area contributed by atoms with Crippen molar-refractivity contribution in [2.24, 2.45) is 0 Å². The van der Waals surface area contributed by atoms with Gasteiger partial charge in [-0.15, -0.1) is 0 Å². The van der Waals surface area contributed by atoms with Crippen LogP contribution in [0.3, 0.4) is 0 Å². The number of ether oxygens (including phenoxy) is 1. The summed E-state index contributed by atoms with van der Waals surface area (Å²) in [5.41, 5.74) is 5.09. The summed E-state index contributed by atoms with van der Waals surface area (Å²) in [6.07, 6.45) is 6.11. The number of benzene rings is 2. The van der Waals surface area contributed by atoms with Crippen LogP contribution in [-0.4, -0.2) is 92.0 Å². The van der Waals surface area contributed by atoms with Crippen LogP contribution in [0.5, 0.6) is 5.75 Å². The summed E-state index contributed by atoms with van der Waals surface area (Å²) in [5.74, 6) is 0.710. The molecule has 2 fully saturated rings. The predicted octanol–water partition coefficient (Wildman–Crippen LogP) is 4.76. The summed E-state index contributed by atoms with van der Waals surface area (Å²) in [4.78, 5) is 18.3. The number of halogens is 2. The van der Waals surface area contributed by atoms with Crippen molar-refractivity contribution in [3.8, 4) is 16.9 Å². The molecule has 2 saturated carbocycles. The molecule has 0 unspecified atom stereocenters.